The van der Waals surface area contributed by atoms with Crippen LogP contribution in [0, 0.1) is 17.3 Å². The Morgan fingerprint density at radius 3 is 2.19 bits per heavy atom. The highest BCUT2D eigenvalue weighted by Gasteiger charge is 2.67. The molecule has 2 fully saturated rings. The summed E-state index contributed by atoms with van der Waals surface area (Å²) in [5, 5.41) is 0. The zero-order chi connectivity index (χ0) is 11.3. The van der Waals surface area contributed by atoms with Gasteiger partial charge in [0.25, 0.3) is 11.8 Å². The van der Waals surface area contributed by atoms with Gasteiger partial charge < -0.3 is 0 Å². The topological polar surface area (TPSA) is 37.4 Å². The molecule has 0 aromatic carbocycles. The monoisotopic (exact) mass is 217 g/mol. The van der Waals surface area contributed by atoms with Gasteiger partial charge in [-0.3, -0.25) is 14.5 Å². The van der Waals surface area contributed by atoms with E-state index < -0.39 is 0 Å². The van der Waals surface area contributed by atoms with Crippen molar-refractivity contribution in [1.29, 1.82) is 0 Å². The highest BCUT2D eigenvalue weighted by molar-refractivity contribution is 6.12. The lowest BCUT2D eigenvalue weighted by molar-refractivity contribution is -0.136. The molecule has 5 rings (SSSR count). The summed E-state index contributed by atoms with van der Waals surface area (Å²) in [5.74, 6) is 1.78. The van der Waals surface area contributed by atoms with Gasteiger partial charge in [-0.05, 0) is 37.0 Å². The van der Waals surface area contributed by atoms with Crippen molar-refractivity contribution in [2.45, 2.75) is 19.8 Å². The fourth-order valence-corrected chi connectivity index (χ4v) is 3.10. The van der Waals surface area contributed by atoms with Crippen molar-refractivity contribution in [3.05, 3.63) is 24.3 Å². The summed E-state index contributed by atoms with van der Waals surface area (Å²) in [6, 6.07) is 0. The van der Waals surface area contributed by atoms with E-state index in [0.29, 0.717) is 6.54 Å². The van der Waals surface area contributed by atoms with E-state index in [4.69, 9.17) is 0 Å². The first-order valence-electron chi connectivity index (χ1n) is 5.89. The summed E-state index contributed by atoms with van der Waals surface area (Å²) in [7, 11) is 0. The first-order valence-corrected chi connectivity index (χ1v) is 5.89. The van der Waals surface area contributed by atoms with Crippen molar-refractivity contribution in [2.75, 3.05) is 6.54 Å². The molecule has 0 radical (unpaired) electrons. The van der Waals surface area contributed by atoms with Gasteiger partial charge in [0, 0.05) is 18.7 Å². The molecule has 0 N–H and O–H groups in total. The highest BCUT2D eigenvalue weighted by Crippen LogP contribution is 2.76. The number of hydrogen-bond acceptors (Lipinski definition) is 2. The third kappa shape index (κ3) is 1.20. The summed E-state index contributed by atoms with van der Waals surface area (Å²) in [6.45, 7) is 2.23. The molecule has 1 heterocycles. The lowest BCUT2D eigenvalue weighted by Crippen LogP contribution is -2.29. The summed E-state index contributed by atoms with van der Waals surface area (Å²) in [6.07, 6.45) is 10.5. The summed E-state index contributed by atoms with van der Waals surface area (Å²) in [5.41, 5.74) is 0.824. The zero-order valence-corrected chi connectivity index (χ0v) is 9.35. The second-order valence-corrected chi connectivity index (χ2v) is 5.02. The number of likely N-dealkylation sites (N-methyl/N-ethyl adjacent to an activating group) is 1. The number of amides is 2. The Labute approximate surface area is 94.8 Å². The van der Waals surface area contributed by atoms with Crippen LogP contribution in [0.25, 0.3) is 0 Å². The Morgan fingerprint density at radius 1 is 1.31 bits per heavy atom. The van der Waals surface area contributed by atoms with Crippen LogP contribution in [0.4, 0.5) is 0 Å². The molecule has 84 valence electrons. The quantitative estimate of drug-likeness (QED) is 0.493. The van der Waals surface area contributed by atoms with Gasteiger partial charge in [0.05, 0.1) is 0 Å². The van der Waals surface area contributed by atoms with Gasteiger partial charge in [0.1, 0.15) is 0 Å². The second kappa shape index (κ2) is 3.06. The Morgan fingerprint density at radius 2 is 2.00 bits per heavy atom. The Hall–Kier alpha value is -1.38. The first-order chi connectivity index (χ1) is 7.66. The van der Waals surface area contributed by atoms with Gasteiger partial charge in [0.15, 0.2) is 0 Å². The predicted molar refractivity (Wildman–Crippen MR) is 59.3 cm³/mol. The average molecular weight is 217 g/mol. The summed E-state index contributed by atoms with van der Waals surface area (Å²) >= 11 is 0. The molecule has 4 aliphatic carbocycles. The normalized spacial score (nSPS) is 40.4. The van der Waals surface area contributed by atoms with Gasteiger partial charge in [-0.2, -0.15) is 0 Å². The van der Waals surface area contributed by atoms with Crippen LogP contribution in [-0.2, 0) is 9.59 Å². The Bertz CT molecular complexity index is 406. The molecular formula is C13H15NO2. The van der Waals surface area contributed by atoms with E-state index in [2.05, 4.69) is 12.2 Å². The van der Waals surface area contributed by atoms with Crippen molar-refractivity contribution in [1.82, 2.24) is 4.90 Å². The third-order valence-electron chi connectivity index (χ3n) is 4.20. The summed E-state index contributed by atoms with van der Waals surface area (Å²) < 4.78 is 0. The maximum atomic E-state index is 10.6. The van der Waals surface area contributed by atoms with Gasteiger partial charge in [-0.1, -0.05) is 12.2 Å². The predicted octanol–water partition coefficient (Wildman–Crippen LogP) is 1.51. The van der Waals surface area contributed by atoms with E-state index in [-0.39, 0.29) is 11.8 Å². The van der Waals surface area contributed by atoms with E-state index in [1.165, 1.54) is 29.9 Å². The SMILES string of the molecule is C1=CC23CC1C2C3.CCN1C(=O)C=CC1=O. The molecule has 2 amide bonds. The fraction of sp³-hybridized carbons (Fsp3) is 0.538. The van der Waals surface area contributed by atoms with Gasteiger partial charge in [-0.25, -0.2) is 0 Å². The smallest absolute Gasteiger partial charge is 0.253 e. The Balaban J connectivity index is 0.000000103. The highest BCUT2D eigenvalue weighted by atomic mass is 16.2. The number of hydrogen-bond donors (Lipinski definition) is 0. The lowest BCUT2D eigenvalue weighted by Gasteiger charge is -2.21. The zero-order valence-electron chi connectivity index (χ0n) is 9.35. The van der Waals surface area contributed by atoms with Crippen LogP contribution < -0.4 is 0 Å². The first kappa shape index (κ1) is 9.82. The maximum absolute atomic E-state index is 10.6. The molecule has 0 saturated heterocycles. The number of carbonyl (C=O) groups excluding carboxylic acids is 2. The largest absolute Gasteiger partial charge is 0.276 e. The van der Waals surface area contributed by atoms with Gasteiger partial charge in [-0.15, -0.1) is 0 Å². The molecule has 2 bridgehead atoms. The molecule has 3 nitrogen and oxygen atoms in total. The van der Waals surface area contributed by atoms with Crippen molar-refractivity contribution < 1.29 is 9.59 Å². The van der Waals surface area contributed by atoms with Crippen LogP contribution in [-0.4, -0.2) is 23.3 Å². The van der Waals surface area contributed by atoms with Crippen molar-refractivity contribution >= 4 is 11.8 Å². The molecule has 1 spiro atoms. The van der Waals surface area contributed by atoms with Crippen LogP contribution in [0.5, 0.6) is 0 Å². The molecule has 3 heteroatoms. The van der Waals surface area contributed by atoms with Crippen molar-refractivity contribution in [3.63, 3.8) is 0 Å². The third-order valence-corrected chi connectivity index (χ3v) is 4.20. The molecule has 3 unspecified atom stereocenters. The molecule has 0 aromatic heterocycles. The number of rotatable bonds is 1. The maximum Gasteiger partial charge on any atom is 0.253 e. The van der Waals surface area contributed by atoms with Crippen LogP contribution >= 0.6 is 0 Å². The molecule has 16 heavy (non-hydrogen) atoms. The van der Waals surface area contributed by atoms with Crippen LogP contribution in [0.2, 0.25) is 0 Å². The fourth-order valence-electron chi connectivity index (χ4n) is 3.10. The number of carbonyl (C=O) groups is 2. The van der Waals surface area contributed by atoms with E-state index in [0.717, 1.165) is 17.3 Å². The van der Waals surface area contributed by atoms with Gasteiger partial charge >= 0.3 is 0 Å². The molecule has 1 aliphatic heterocycles. The number of nitrogens with zero attached hydrogens (tertiary/aromatic N) is 1. The minimum absolute atomic E-state index is 0.206. The molecule has 2 saturated carbocycles. The van der Waals surface area contributed by atoms with Crippen LogP contribution in [0.1, 0.15) is 19.8 Å². The van der Waals surface area contributed by atoms with E-state index in [1.807, 2.05) is 0 Å². The average Bonchev–Trinajstić information content (AvgIpc) is 2.71. The number of imide groups is 1. The minimum atomic E-state index is -0.206. The van der Waals surface area contributed by atoms with Crippen molar-refractivity contribution in [2.24, 2.45) is 17.3 Å². The minimum Gasteiger partial charge on any atom is -0.276 e. The van der Waals surface area contributed by atoms with E-state index >= 15 is 0 Å². The lowest BCUT2D eigenvalue weighted by atomic mass is 9.83. The molecule has 5 aliphatic rings. The van der Waals surface area contributed by atoms with Gasteiger partial charge in [0.2, 0.25) is 0 Å². The molecule has 3 atom stereocenters. The van der Waals surface area contributed by atoms with Crippen molar-refractivity contribution in [3.8, 4) is 0 Å². The van der Waals surface area contributed by atoms with E-state index in [1.54, 1.807) is 6.92 Å². The second-order valence-electron chi connectivity index (χ2n) is 5.02. The molecule has 0 aromatic rings. The number of allylic oxidation sites excluding steroid dienone is 2. The van der Waals surface area contributed by atoms with Crippen LogP contribution in [0.3, 0.4) is 0 Å². The Kier molecular flexibility index (Phi) is 1.88. The standard InChI is InChI=1S/C7H8.C6H7NO2/c1-2-7-3-5(1)6(7)4-7;1-2-7-5(8)3-4-6(7)9/h1-2,5-6H,3-4H2;3-4H,2H2,1H3. The summed E-state index contributed by atoms with van der Waals surface area (Å²) in [4.78, 5) is 22.4. The van der Waals surface area contributed by atoms with Crippen LogP contribution in [0.15, 0.2) is 24.3 Å². The molecular weight excluding hydrogens is 202 g/mol. The van der Waals surface area contributed by atoms with E-state index in [9.17, 15) is 9.59 Å².